The van der Waals surface area contributed by atoms with Crippen molar-refractivity contribution in [3.8, 4) is 0 Å². The summed E-state index contributed by atoms with van der Waals surface area (Å²) in [6, 6.07) is 0. The first-order chi connectivity index (χ1) is 1.41. The van der Waals surface area contributed by atoms with Crippen molar-refractivity contribution in [3.05, 3.63) is 0 Å². The van der Waals surface area contributed by atoms with Gasteiger partial charge in [-0.2, -0.15) is 0 Å². The van der Waals surface area contributed by atoms with Crippen molar-refractivity contribution in [1.82, 2.24) is 0 Å². The summed E-state index contributed by atoms with van der Waals surface area (Å²) in [6.45, 7) is 0. The minimum absolute atomic E-state index is 0. The van der Waals surface area contributed by atoms with Gasteiger partial charge in [0.25, 0.3) is 0 Å². The van der Waals surface area contributed by atoms with Crippen molar-refractivity contribution in [1.29, 1.82) is 0 Å². The van der Waals surface area contributed by atoms with E-state index >= 15 is 0 Å². The predicted molar refractivity (Wildman–Crippen MR) is 5.75 cm³/mol. The molecule has 1 radical (unpaired) electrons. The van der Waals surface area contributed by atoms with Crippen LogP contribution in [0.3, 0.4) is 0 Å². The van der Waals surface area contributed by atoms with E-state index in [-0.39, 0.29) is 19.5 Å². The normalized spacial score (nSPS) is 3.50. The van der Waals surface area contributed by atoms with E-state index in [0.29, 0.717) is 0 Å². The van der Waals surface area contributed by atoms with E-state index in [4.69, 9.17) is 10.0 Å². The van der Waals surface area contributed by atoms with Gasteiger partial charge in [0.1, 0.15) is 0 Å². The minimum atomic E-state index is -0.500. The Morgan fingerprint density at radius 1 is 1.25 bits per heavy atom. The third kappa shape index (κ3) is 18.2. The Balaban J connectivity index is 0. The molecule has 0 aromatic rings. The van der Waals surface area contributed by atoms with Gasteiger partial charge in [0.05, 0.1) is 0 Å². The zero-order valence-corrected chi connectivity index (χ0v) is 3.49. The minimum Gasteiger partial charge on any atom is -0.900 e. The van der Waals surface area contributed by atoms with Gasteiger partial charge >= 0.3 is 19.5 Å². The summed E-state index contributed by atoms with van der Waals surface area (Å²) in [5.74, 6) is 0. The summed E-state index contributed by atoms with van der Waals surface area (Å²) < 4.78 is 0. The Morgan fingerprint density at radius 2 is 1.25 bits per heavy atom. The molecular formula is BO2Ru. The van der Waals surface area contributed by atoms with Crippen molar-refractivity contribution in [3.63, 3.8) is 0 Å². The van der Waals surface area contributed by atoms with Crippen LogP contribution in [-0.2, 0) is 19.5 Å². The molecule has 0 unspecified atom stereocenters. The molecule has 0 spiro atoms. The van der Waals surface area contributed by atoms with E-state index < -0.39 is 7.69 Å². The van der Waals surface area contributed by atoms with Crippen LogP contribution in [0.25, 0.3) is 0 Å². The molecule has 4 heteroatoms. The standard InChI is InChI=1S/BO2.Ru/c2-1-3;/q-2;+2. The first-order valence-electron chi connectivity index (χ1n) is 0.471. The quantitative estimate of drug-likeness (QED) is 0.345. The Kier molecular flexibility index (Phi) is 20.9. The van der Waals surface area contributed by atoms with Gasteiger partial charge in [0.2, 0.25) is 0 Å². The smallest absolute Gasteiger partial charge is 0.900 e. The average Bonchev–Trinajstić information content (AvgIpc) is 0.918. The molecule has 0 amide bonds. The Bertz CT molecular complexity index is 6.00. The molecule has 23 valence electrons. The second-order valence-corrected chi connectivity index (χ2v) is 0.0962. The number of rotatable bonds is 0. The first-order valence-corrected chi connectivity index (χ1v) is 0.471. The zero-order valence-electron chi connectivity index (χ0n) is 1.75. The SMILES string of the molecule is [O-][B][O-].[Ru+2]. The second-order valence-electron chi connectivity index (χ2n) is 0.0962. The predicted octanol–water partition coefficient (Wildman–Crippen LogP) is -2.76. The van der Waals surface area contributed by atoms with Gasteiger partial charge in [-0.15, -0.1) is 0 Å². The molecule has 4 heavy (non-hydrogen) atoms. The zero-order chi connectivity index (χ0) is 2.71. The molecule has 0 heterocycles. The van der Waals surface area contributed by atoms with E-state index in [0.717, 1.165) is 0 Å². The van der Waals surface area contributed by atoms with Gasteiger partial charge < -0.3 is 10.0 Å². The van der Waals surface area contributed by atoms with Gasteiger partial charge in [0.15, 0.2) is 0 Å². The third-order valence-electron chi connectivity index (χ3n) is 0. The molecule has 0 saturated heterocycles. The van der Waals surface area contributed by atoms with Crippen LogP contribution in [-0.4, -0.2) is 7.69 Å². The average molecular weight is 144 g/mol. The Labute approximate surface area is 37.9 Å². The van der Waals surface area contributed by atoms with E-state index in [1.54, 1.807) is 0 Å². The fourth-order valence-electron chi connectivity index (χ4n) is 0. The summed E-state index contributed by atoms with van der Waals surface area (Å²) in [7, 11) is -0.500. The van der Waals surface area contributed by atoms with Crippen molar-refractivity contribution < 1.29 is 29.5 Å². The van der Waals surface area contributed by atoms with Crippen LogP contribution >= 0.6 is 0 Å². The molecule has 0 saturated carbocycles. The molecule has 0 aromatic carbocycles. The van der Waals surface area contributed by atoms with Crippen LogP contribution in [0.1, 0.15) is 0 Å². The Hall–Kier alpha value is 0.608. The molecule has 0 atom stereocenters. The largest absolute Gasteiger partial charge is 2.00 e. The van der Waals surface area contributed by atoms with Crippen LogP contribution in [0.4, 0.5) is 0 Å². The summed E-state index contributed by atoms with van der Waals surface area (Å²) in [6.07, 6.45) is 0. The third-order valence-corrected chi connectivity index (χ3v) is 0. The molecule has 0 bridgehead atoms. The van der Waals surface area contributed by atoms with Crippen molar-refractivity contribution in [2.45, 2.75) is 0 Å². The fraction of sp³-hybridized carbons (Fsp3) is 0. The summed E-state index contributed by atoms with van der Waals surface area (Å²) in [5.41, 5.74) is 0. The van der Waals surface area contributed by atoms with Gasteiger partial charge in [-0.3, -0.25) is 0 Å². The van der Waals surface area contributed by atoms with Crippen LogP contribution in [0.2, 0.25) is 0 Å². The van der Waals surface area contributed by atoms with Gasteiger partial charge in [-0.05, 0) is 0 Å². The van der Waals surface area contributed by atoms with Gasteiger partial charge in [-0.1, -0.05) is 0 Å². The summed E-state index contributed by atoms with van der Waals surface area (Å²) in [4.78, 5) is 0. The summed E-state index contributed by atoms with van der Waals surface area (Å²) in [5, 5.41) is 16.5. The summed E-state index contributed by atoms with van der Waals surface area (Å²) >= 11 is 0. The second kappa shape index (κ2) is 9.49. The van der Waals surface area contributed by atoms with Crippen LogP contribution in [0.5, 0.6) is 0 Å². The number of hydrogen-bond acceptors (Lipinski definition) is 2. The molecular weight excluding hydrogens is 144 g/mol. The van der Waals surface area contributed by atoms with Crippen molar-refractivity contribution in [2.75, 3.05) is 0 Å². The molecule has 0 rings (SSSR count). The van der Waals surface area contributed by atoms with Crippen LogP contribution in [0.15, 0.2) is 0 Å². The number of hydrogen-bond donors (Lipinski definition) is 0. The van der Waals surface area contributed by atoms with E-state index in [2.05, 4.69) is 0 Å². The molecule has 0 aliphatic carbocycles. The van der Waals surface area contributed by atoms with E-state index in [9.17, 15) is 0 Å². The Morgan fingerprint density at radius 3 is 1.25 bits per heavy atom. The molecule has 0 fully saturated rings. The van der Waals surface area contributed by atoms with Gasteiger partial charge in [0, 0.05) is 0 Å². The maximum Gasteiger partial charge on any atom is 2.00 e. The maximum atomic E-state index is 8.25. The van der Waals surface area contributed by atoms with Crippen molar-refractivity contribution >= 4 is 7.69 Å². The van der Waals surface area contributed by atoms with Crippen LogP contribution in [0, 0.1) is 0 Å². The molecule has 0 aromatic heterocycles. The van der Waals surface area contributed by atoms with E-state index in [1.165, 1.54) is 0 Å². The fourth-order valence-corrected chi connectivity index (χ4v) is 0. The molecule has 0 aliphatic rings. The molecule has 2 nitrogen and oxygen atoms in total. The topological polar surface area (TPSA) is 46.1 Å². The first kappa shape index (κ1) is 8.82. The van der Waals surface area contributed by atoms with Gasteiger partial charge in [-0.25, -0.2) is 7.69 Å². The van der Waals surface area contributed by atoms with E-state index in [1.807, 2.05) is 0 Å². The van der Waals surface area contributed by atoms with Crippen molar-refractivity contribution in [2.24, 2.45) is 0 Å². The molecule has 0 aliphatic heterocycles. The van der Waals surface area contributed by atoms with Crippen LogP contribution < -0.4 is 10.0 Å². The monoisotopic (exact) mass is 145 g/mol. The maximum absolute atomic E-state index is 8.25. The molecule has 0 N–H and O–H groups in total.